The molecule has 0 amide bonds. The standard InChI is InChI=1S/C12H11N5O/c13-11-10-12(15-8-17(11)18)16(7-14-10)6-9-4-2-1-3-5-9/h1-5,7-8,13,18H,6H2. The van der Waals surface area contributed by atoms with Crippen molar-refractivity contribution in [2.45, 2.75) is 6.54 Å². The Morgan fingerprint density at radius 2 is 1.89 bits per heavy atom. The fraction of sp³-hybridized carbons (Fsp3) is 0.0833. The Morgan fingerprint density at radius 1 is 1.11 bits per heavy atom. The van der Waals surface area contributed by atoms with Gasteiger partial charge >= 0.3 is 0 Å². The Hall–Kier alpha value is -2.63. The molecule has 0 fully saturated rings. The van der Waals surface area contributed by atoms with Crippen LogP contribution in [0.25, 0.3) is 11.2 Å². The quantitative estimate of drug-likeness (QED) is 0.657. The number of rotatable bonds is 2. The minimum atomic E-state index is -0.0631. The minimum absolute atomic E-state index is 0.0631. The van der Waals surface area contributed by atoms with Crippen molar-refractivity contribution in [3.63, 3.8) is 0 Å². The van der Waals surface area contributed by atoms with Gasteiger partial charge in [-0.3, -0.25) is 5.41 Å². The first-order chi connectivity index (χ1) is 8.75. The van der Waals surface area contributed by atoms with Gasteiger partial charge in [-0.15, -0.1) is 0 Å². The number of hydrogen-bond donors (Lipinski definition) is 2. The van der Waals surface area contributed by atoms with Crippen molar-refractivity contribution in [1.29, 1.82) is 5.41 Å². The summed E-state index contributed by atoms with van der Waals surface area (Å²) in [5.41, 5.74) is 2.04. The van der Waals surface area contributed by atoms with E-state index in [2.05, 4.69) is 9.97 Å². The summed E-state index contributed by atoms with van der Waals surface area (Å²) in [7, 11) is 0. The highest BCUT2D eigenvalue weighted by molar-refractivity contribution is 5.68. The van der Waals surface area contributed by atoms with Gasteiger partial charge in [-0.25, -0.2) is 9.97 Å². The van der Waals surface area contributed by atoms with Crippen LogP contribution in [0, 0.1) is 5.41 Å². The molecule has 18 heavy (non-hydrogen) atoms. The van der Waals surface area contributed by atoms with Crippen LogP contribution in [0.1, 0.15) is 5.56 Å². The fourth-order valence-electron chi connectivity index (χ4n) is 1.85. The Bertz CT molecular complexity index is 744. The highest BCUT2D eigenvalue weighted by Crippen LogP contribution is 2.08. The average molecular weight is 241 g/mol. The SMILES string of the molecule is N=c1c2ncn(Cc3ccccc3)c2ncn1O. The highest BCUT2D eigenvalue weighted by atomic mass is 16.5. The summed E-state index contributed by atoms with van der Waals surface area (Å²) < 4.78 is 2.50. The van der Waals surface area contributed by atoms with Crippen LogP contribution in [0.2, 0.25) is 0 Å². The summed E-state index contributed by atoms with van der Waals surface area (Å²) in [6, 6.07) is 9.94. The van der Waals surface area contributed by atoms with E-state index in [-0.39, 0.29) is 5.49 Å². The van der Waals surface area contributed by atoms with Gasteiger partial charge in [0.1, 0.15) is 6.33 Å². The second kappa shape index (κ2) is 3.99. The van der Waals surface area contributed by atoms with Crippen LogP contribution in [-0.4, -0.2) is 24.5 Å². The monoisotopic (exact) mass is 241 g/mol. The van der Waals surface area contributed by atoms with Gasteiger partial charge in [0.25, 0.3) is 0 Å². The van der Waals surface area contributed by atoms with E-state index in [0.717, 1.165) is 5.56 Å². The molecule has 0 saturated carbocycles. The second-order valence-electron chi connectivity index (χ2n) is 3.97. The van der Waals surface area contributed by atoms with Gasteiger partial charge in [-0.1, -0.05) is 30.3 Å². The molecule has 6 nitrogen and oxygen atoms in total. The molecule has 0 saturated heterocycles. The normalized spacial score (nSPS) is 10.9. The molecular formula is C12H11N5O. The van der Waals surface area contributed by atoms with Crippen molar-refractivity contribution in [2.24, 2.45) is 0 Å². The van der Waals surface area contributed by atoms with Crippen molar-refractivity contribution in [3.05, 3.63) is 54.0 Å². The summed E-state index contributed by atoms with van der Waals surface area (Å²) in [4.78, 5) is 8.20. The predicted molar refractivity (Wildman–Crippen MR) is 64.1 cm³/mol. The molecule has 3 aromatic rings. The molecule has 2 aromatic heterocycles. The number of benzene rings is 1. The van der Waals surface area contributed by atoms with Crippen molar-refractivity contribution in [3.8, 4) is 0 Å². The zero-order valence-corrected chi connectivity index (χ0v) is 9.48. The molecule has 0 spiro atoms. The Morgan fingerprint density at radius 3 is 2.67 bits per heavy atom. The smallest absolute Gasteiger partial charge is 0.192 e. The van der Waals surface area contributed by atoms with Crippen LogP contribution in [0.15, 0.2) is 43.0 Å². The molecule has 2 N–H and O–H groups in total. The molecule has 0 bridgehead atoms. The molecule has 1 aromatic carbocycles. The van der Waals surface area contributed by atoms with Crippen molar-refractivity contribution in [2.75, 3.05) is 0 Å². The van der Waals surface area contributed by atoms with Crippen LogP contribution >= 0.6 is 0 Å². The Labute approximate surface area is 102 Å². The van der Waals surface area contributed by atoms with Crippen LogP contribution in [0.5, 0.6) is 0 Å². The minimum Gasteiger partial charge on any atom is -0.425 e. The lowest BCUT2D eigenvalue weighted by molar-refractivity contribution is 0.168. The van der Waals surface area contributed by atoms with Crippen molar-refractivity contribution in [1.82, 2.24) is 19.3 Å². The fourth-order valence-corrected chi connectivity index (χ4v) is 1.85. The van der Waals surface area contributed by atoms with E-state index in [4.69, 9.17) is 5.41 Å². The van der Waals surface area contributed by atoms with Gasteiger partial charge in [0, 0.05) is 0 Å². The van der Waals surface area contributed by atoms with Gasteiger partial charge < -0.3 is 9.77 Å². The number of nitrogens with one attached hydrogen (secondary N) is 1. The van der Waals surface area contributed by atoms with E-state index in [1.54, 1.807) is 6.33 Å². The predicted octanol–water partition coefficient (Wildman–Crippen LogP) is 0.998. The topological polar surface area (TPSA) is 79.7 Å². The van der Waals surface area contributed by atoms with E-state index in [1.165, 1.54) is 6.33 Å². The summed E-state index contributed by atoms with van der Waals surface area (Å²) in [5, 5.41) is 17.0. The van der Waals surface area contributed by atoms with E-state index in [9.17, 15) is 5.21 Å². The largest absolute Gasteiger partial charge is 0.425 e. The van der Waals surface area contributed by atoms with Gasteiger partial charge in [-0.2, -0.15) is 4.73 Å². The van der Waals surface area contributed by atoms with Crippen molar-refractivity contribution >= 4 is 11.2 Å². The zero-order valence-electron chi connectivity index (χ0n) is 9.48. The summed E-state index contributed by atoms with van der Waals surface area (Å²) in [6.45, 7) is 0.638. The number of imidazole rings is 1. The third-order valence-electron chi connectivity index (χ3n) is 2.75. The second-order valence-corrected chi connectivity index (χ2v) is 3.97. The lowest BCUT2D eigenvalue weighted by Gasteiger charge is -2.03. The highest BCUT2D eigenvalue weighted by Gasteiger charge is 2.07. The Kier molecular flexibility index (Phi) is 2.33. The molecule has 3 rings (SSSR count). The maximum atomic E-state index is 9.33. The molecule has 2 heterocycles. The third kappa shape index (κ3) is 1.64. The van der Waals surface area contributed by atoms with Crippen molar-refractivity contribution < 1.29 is 5.21 Å². The summed E-state index contributed by atoms with van der Waals surface area (Å²) in [5.74, 6) is 0. The van der Waals surface area contributed by atoms with Gasteiger partial charge in [0.15, 0.2) is 16.7 Å². The Balaban J connectivity index is 2.09. The first-order valence-corrected chi connectivity index (χ1v) is 5.46. The third-order valence-corrected chi connectivity index (χ3v) is 2.75. The molecule has 0 unspecified atom stereocenters. The molecule has 0 atom stereocenters. The van der Waals surface area contributed by atoms with Crippen LogP contribution in [-0.2, 0) is 6.54 Å². The average Bonchev–Trinajstić information content (AvgIpc) is 2.79. The maximum Gasteiger partial charge on any atom is 0.192 e. The number of hydrogen-bond acceptors (Lipinski definition) is 4. The first-order valence-electron chi connectivity index (χ1n) is 5.46. The number of aromatic nitrogens is 4. The number of nitrogens with zero attached hydrogens (tertiary/aromatic N) is 4. The number of fused-ring (bicyclic) bond motifs is 1. The molecule has 0 aliphatic heterocycles. The van der Waals surface area contributed by atoms with Gasteiger partial charge in [-0.05, 0) is 5.56 Å². The van der Waals surface area contributed by atoms with E-state index < -0.39 is 0 Å². The lowest BCUT2D eigenvalue weighted by atomic mass is 10.2. The molecule has 6 heteroatoms. The zero-order chi connectivity index (χ0) is 12.5. The van der Waals surface area contributed by atoms with E-state index >= 15 is 0 Å². The molecule has 90 valence electrons. The van der Waals surface area contributed by atoms with E-state index in [0.29, 0.717) is 22.4 Å². The lowest BCUT2D eigenvalue weighted by Crippen LogP contribution is -2.18. The first kappa shape index (κ1) is 10.5. The molecule has 0 aliphatic carbocycles. The van der Waals surface area contributed by atoms with Crippen LogP contribution in [0.4, 0.5) is 0 Å². The summed E-state index contributed by atoms with van der Waals surface area (Å²) >= 11 is 0. The molecule has 0 aliphatic rings. The van der Waals surface area contributed by atoms with E-state index in [1.807, 2.05) is 34.9 Å². The molecular weight excluding hydrogens is 230 g/mol. The van der Waals surface area contributed by atoms with Crippen LogP contribution < -0.4 is 5.49 Å². The van der Waals surface area contributed by atoms with Gasteiger partial charge in [0.2, 0.25) is 0 Å². The maximum absolute atomic E-state index is 9.33. The summed E-state index contributed by atoms with van der Waals surface area (Å²) in [6.07, 6.45) is 2.83. The van der Waals surface area contributed by atoms with Crippen LogP contribution in [0.3, 0.4) is 0 Å². The molecule has 0 radical (unpaired) electrons. The van der Waals surface area contributed by atoms with Gasteiger partial charge in [0.05, 0.1) is 12.9 Å².